The minimum Gasteiger partial charge on any atom is -0.339 e. The van der Waals surface area contributed by atoms with E-state index in [4.69, 9.17) is 0 Å². The van der Waals surface area contributed by atoms with E-state index >= 15 is 0 Å². The van der Waals surface area contributed by atoms with Gasteiger partial charge in [-0.25, -0.2) is 0 Å². The highest BCUT2D eigenvalue weighted by atomic mass is 16.2. The van der Waals surface area contributed by atoms with E-state index in [2.05, 4.69) is 10.4 Å². The number of aromatic nitrogens is 2. The Labute approximate surface area is 102 Å². The SMILES string of the molecule is Cc1cc(C(=O)N(C)CC2CCCN2)n(C)n1. The lowest BCUT2D eigenvalue weighted by Gasteiger charge is -2.21. The van der Waals surface area contributed by atoms with Crippen LogP contribution < -0.4 is 5.32 Å². The van der Waals surface area contributed by atoms with E-state index in [-0.39, 0.29) is 5.91 Å². The monoisotopic (exact) mass is 236 g/mol. The van der Waals surface area contributed by atoms with Crippen molar-refractivity contribution in [2.24, 2.45) is 7.05 Å². The van der Waals surface area contributed by atoms with Crippen LogP contribution in [0.3, 0.4) is 0 Å². The Kier molecular flexibility index (Phi) is 3.47. The predicted molar refractivity (Wildman–Crippen MR) is 65.9 cm³/mol. The van der Waals surface area contributed by atoms with Crippen LogP contribution in [0.1, 0.15) is 29.0 Å². The van der Waals surface area contributed by atoms with Crippen molar-refractivity contribution in [1.29, 1.82) is 0 Å². The minimum absolute atomic E-state index is 0.0433. The quantitative estimate of drug-likeness (QED) is 0.834. The third kappa shape index (κ3) is 2.66. The van der Waals surface area contributed by atoms with Crippen LogP contribution >= 0.6 is 0 Å². The maximum Gasteiger partial charge on any atom is 0.271 e. The molecule has 1 aliphatic rings. The Morgan fingerprint density at radius 1 is 1.71 bits per heavy atom. The zero-order valence-electron chi connectivity index (χ0n) is 10.7. The molecule has 0 aliphatic carbocycles. The molecule has 1 amide bonds. The van der Waals surface area contributed by atoms with Crippen molar-refractivity contribution in [1.82, 2.24) is 20.0 Å². The van der Waals surface area contributed by atoms with Gasteiger partial charge in [-0.2, -0.15) is 5.10 Å². The van der Waals surface area contributed by atoms with Gasteiger partial charge in [0.05, 0.1) is 5.69 Å². The summed E-state index contributed by atoms with van der Waals surface area (Å²) in [4.78, 5) is 14.0. The Bertz CT molecular complexity index is 407. The standard InChI is InChI=1S/C12H20N4O/c1-9-7-11(16(3)14-9)12(17)15(2)8-10-5-4-6-13-10/h7,10,13H,4-6,8H2,1-3H3. The number of likely N-dealkylation sites (N-methyl/N-ethyl adjacent to an activating group) is 1. The van der Waals surface area contributed by atoms with Gasteiger partial charge in [0.2, 0.25) is 0 Å². The molecular formula is C12H20N4O. The first-order valence-electron chi connectivity index (χ1n) is 6.07. The Morgan fingerprint density at radius 2 is 2.47 bits per heavy atom. The molecule has 0 spiro atoms. The van der Waals surface area contributed by atoms with Crippen LogP contribution in [-0.2, 0) is 7.05 Å². The summed E-state index contributed by atoms with van der Waals surface area (Å²) in [7, 11) is 3.66. The number of carbonyl (C=O) groups excluding carboxylic acids is 1. The molecule has 2 heterocycles. The molecule has 94 valence electrons. The van der Waals surface area contributed by atoms with E-state index in [0.29, 0.717) is 11.7 Å². The molecule has 1 saturated heterocycles. The van der Waals surface area contributed by atoms with Gasteiger partial charge in [0.1, 0.15) is 5.69 Å². The maximum atomic E-state index is 12.2. The van der Waals surface area contributed by atoms with E-state index in [0.717, 1.165) is 25.2 Å². The normalized spacial score (nSPS) is 19.6. The highest BCUT2D eigenvalue weighted by Crippen LogP contribution is 2.09. The first-order valence-corrected chi connectivity index (χ1v) is 6.07. The Morgan fingerprint density at radius 3 is 3.00 bits per heavy atom. The first kappa shape index (κ1) is 12.1. The van der Waals surface area contributed by atoms with Crippen molar-refractivity contribution in [3.63, 3.8) is 0 Å². The van der Waals surface area contributed by atoms with Crippen molar-refractivity contribution < 1.29 is 4.79 Å². The van der Waals surface area contributed by atoms with Gasteiger partial charge in [0, 0.05) is 26.7 Å². The van der Waals surface area contributed by atoms with Gasteiger partial charge < -0.3 is 10.2 Å². The summed E-state index contributed by atoms with van der Waals surface area (Å²) in [6, 6.07) is 2.28. The van der Waals surface area contributed by atoms with Crippen LogP contribution in [0.25, 0.3) is 0 Å². The number of hydrogen-bond donors (Lipinski definition) is 1. The molecule has 0 radical (unpaired) electrons. The number of hydrogen-bond acceptors (Lipinski definition) is 3. The molecule has 2 rings (SSSR count). The highest BCUT2D eigenvalue weighted by Gasteiger charge is 2.21. The highest BCUT2D eigenvalue weighted by molar-refractivity contribution is 5.92. The molecule has 1 aliphatic heterocycles. The molecule has 1 unspecified atom stereocenters. The lowest BCUT2D eigenvalue weighted by molar-refractivity contribution is 0.0773. The van der Waals surface area contributed by atoms with Crippen molar-refractivity contribution >= 4 is 5.91 Å². The minimum atomic E-state index is 0.0433. The number of rotatable bonds is 3. The van der Waals surface area contributed by atoms with E-state index in [9.17, 15) is 4.79 Å². The van der Waals surface area contributed by atoms with Gasteiger partial charge in [0.15, 0.2) is 0 Å². The maximum absolute atomic E-state index is 12.2. The van der Waals surface area contributed by atoms with Gasteiger partial charge >= 0.3 is 0 Å². The summed E-state index contributed by atoms with van der Waals surface area (Å²) in [5.74, 6) is 0.0433. The third-order valence-corrected chi connectivity index (χ3v) is 3.22. The predicted octanol–water partition coefficient (Wildman–Crippen LogP) is 0.553. The van der Waals surface area contributed by atoms with Crippen LogP contribution in [0.15, 0.2) is 6.07 Å². The molecule has 5 heteroatoms. The first-order chi connectivity index (χ1) is 8.08. The van der Waals surface area contributed by atoms with Crippen LogP contribution in [0, 0.1) is 6.92 Å². The zero-order valence-corrected chi connectivity index (χ0v) is 10.7. The Hall–Kier alpha value is -1.36. The summed E-state index contributed by atoms with van der Waals surface area (Å²) in [5.41, 5.74) is 1.53. The number of nitrogens with one attached hydrogen (secondary N) is 1. The smallest absolute Gasteiger partial charge is 0.271 e. The largest absolute Gasteiger partial charge is 0.339 e. The molecule has 0 saturated carbocycles. The second-order valence-corrected chi connectivity index (χ2v) is 4.77. The molecule has 1 N–H and O–H groups in total. The molecular weight excluding hydrogens is 216 g/mol. The van der Waals surface area contributed by atoms with Gasteiger partial charge in [-0.15, -0.1) is 0 Å². The van der Waals surface area contributed by atoms with Crippen molar-refractivity contribution in [3.05, 3.63) is 17.5 Å². The van der Waals surface area contributed by atoms with E-state index < -0.39 is 0 Å². The molecule has 1 aromatic heterocycles. The summed E-state index contributed by atoms with van der Waals surface area (Å²) < 4.78 is 1.65. The average molecular weight is 236 g/mol. The van der Waals surface area contributed by atoms with Crippen LogP contribution in [0.5, 0.6) is 0 Å². The number of nitrogens with zero attached hydrogens (tertiary/aromatic N) is 3. The second-order valence-electron chi connectivity index (χ2n) is 4.77. The van der Waals surface area contributed by atoms with Crippen molar-refractivity contribution in [2.45, 2.75) is 25.8 Å². The zero-order chi connectivity index (χ0) is 12.4. The second kappa shape index (κ2) is 4.87. The fourth-order valence-corrected chi connectivity index (χ4v) is 2.33. The summed E-state index contributed by atoms with van der Waals surface area (Å²) >= 11 is 0. The van der Waals surface area contributed by atoms with Gasteiger partial charge in [0.25, 0.3) is 5.91 Å². The molecule has 0 aromatic carbocycles. The van der Waals surface area contributed by atoms with Gasteiger partial charge in [-0.1, -0.05) is 0 Å². The van der Waals surface area contributed by atoms with E-state index in [1.807, 2.05) is 27.1 Å². The topological polar surface area (TPSA) is 50.2 Å². The van der Waals surface area contributed by atoms with Gasteiger partial charge in [-0.3, -0.25) is 9.48 Å². The average Bonchev–Trinajstić information content (AvgIpc) is 2.87. The lowest BCUT2D eigenvalue weighted by Crippen LogP contribution is -2.39. The molecule has 1 atom stereocenters. The fourth-order valence-electron chi connectivity index (χ4n) is 2.33. The number of amides is 1. The molecule has 1 fully saturated rings. The fraction of sp³-hybridized carbons (Fsp3) is 0.667. The van der Waals surface area contributed by atoms with Crippen LogP contribution in [0.2, 0.25) is 0 Å². The van der Waals surface area contributed by atoms with E-state index in [1.54, 1.807) is 9.58 Å². The number of carbonyl (C=O) groups is 1. The third-order valence-electron chi connectivity index (χ3n) is 3.22. The summed E-state index contributed by atoms with van der Waals surface area (Å²) in [5, 5.41) is 7.60. The van der Waals surface area contributed by atoms with Crippen LogP contribution in [0.4, 0.5) is 0 Å². The molecule has 0 bridgehead atoms. The van der Waals surface area contributed by atoms with Crippen molar-refractivity contribution in [3.8, 4) is 0 Å². The van der Waals surface area contributed by atoms with Crippen molar-refractivity contribution in [2.75, 3.05) is 20.1 Å². The molecule has 5 nitrogen and oxygen atoms in total. The molecule has 1 aromatic rings. The number of aryl methyl sites for hydroxylation is 2. The Balaban J connectivity index is 2.01. The molecule has 17 heavy (non-hydrogen) atoms. The van der Waals surface area contributed by atoms with Crippen LogP contribution in [-0.4, -0.2) is 46.8 Å². The summed E-state index contributed by atoms with van der Waals surface area (Å²) in [6.45, 7) is 3.73. The van der Waals surface area contributed by atoms with E-state index in [1.165, 1.54) is 6.42 Å². The lowest BCUT2D eigenvalue weighted by atomic mass is 10.2. The summed E-state index contributed by atoms with van der Waals surface area (Å²) in [6.07, 6.45) is 2.36. The van der Waals surface area contributed by atoms with Gasteiger partial charge in [-0.05, 0) is 32.4 Å².